The number of rotatable bonds is 3. The molecule has 0 bridgehead atoms. The molecule has 2 rings (SSSR count). The van der Waals surface area contributed by atoms with Gasteiger partial charge in [-0.15, -0.1) is 12.4 Å². The quantitative estimate of drug-likeness (QED) is 0.930. The Morgan fingerprint density at radius 2 is 2.30 bits per heavy atom. The molecule has 0 spiro atoms. The second-order valence-corrected chi connectivity index (χ2v) is 5.30. The maximum Gasteiger partial charge on any atom is 0.223 e. The maximum atomic E-state index is 13.2. The van der Waals surface area contributed by atoms with Gasteiger partial charge in [0, 0.05) is 32.1 Å². The summed E-state index contributed by atoms with van der Waals surface area (Å²) in [6.07, 6.45) is 0.438. The lowest BCUT2D eigenvalue weighted by molar-refractivity contribution is -0.134. The molecule has 1 saturated heterocycles. The van der Waals surface area contributed by atoms with E-state index in [-0.39, 0.29) is 36.1 Å². The summed E-state index contributed by atoms with van der Waals surface area (Å²) in [5.74, 6) is -0.0385. The summed E-state index contributed by atoms with van der Waals surface area (Å²) in [4.78, 5) is 14.2. The molecule has 1 aromatic rings. The third-order valence-corrected chi connectivity index (χ3v) is 3.72. The second-order valence-electron chi connectivity index (χ2n) is 5.30. The minimum absolute atomic E-state index is 0. The van der Waals surface area contributed by atoms with Crippen LogP contribution in [0.15, 0.2) is 24.3 Å². The molecule has 0 saturated carbocycles. The van der Waals surface area contributed by atoms with Crippen molar-refractivity contribution in [2.45, 2.75) is 32.2 Å². The zero-order valence-corrected chi connectivity index (χ0v) is 12.8. The Kier molecular flexibility index (Phi) is 6.43. The van der Waals surface area contributed by atoms with Gasteiger partial charge in [-0.1, -0.05) is 19.1 Å². The molecule has 1 heterocycles. The van der Waals surface area contributed by atoms with Gasteiger partial charge in [-0.3, -0.25) is 4.79 Å². The first-order valence-electron chi connectivity index (χ1n) is 6.83. The van der Waals surface area contributed by atoms with Crippen LogP contribution in [0.5, 0.6) is 0 Å². The van der Waals surface area contributed by atoms with Gasteiger partial charge in [0.1, 0.15) is 5.82 Å². The number of piperazine rings is 1. The van der Waals surface area contributed by atoms with Crippen LogP contribution in [0.2, 0.25) is 0 Å². The van der Waals surface area contributed by atoms with E-state index >= 15 is 0 Å². The van der Waals surface area contributed by atoms with Crippen molar-refractivity contribution in [3.8, 4) is 0 Å². The highest BCUT2D eigenvalue weighted by atomic mass is 35.5. The molecule has 2 atom stereocenters. The molecule has 20 heavy (non-hydrogen) atoms. The number of hydrogen-bond donors (Lipinski definition) is 1. The van der Waals surface area contributed by atoms with Gasteiger partial charge in [-0.2, -0.15) is 0 Å². The summed E-state index contributed by atoms with van der Waals surface area (Å²) in [6, 6.07) is 6.75. The summed E-state index contributed by atoms with van der Waals surface area (Å²) in [6.45, 7) is 6.48. The van der Waals surface area contributed by atoms with E-state index < -0.39 is 0 Å². The smallest absolute Gasteiger partial charge is 0.223 e. The van der Waals surface area contributed by atoms with Crippen molar-refractivity contribution in [3.05, 3.63) is 35.6 Å². The number of nitrogens with one attached hydrogen (secondary N) is 1. The fourth-order valence-corrected chi connectivity index (χ4v) is 2.52. The molecule has 1 N–H and O–H groups in total. The van der Waals surface area contributed by atoms with Crippen molar-refractivity contribution in [1.82, 2.24) is 10.2 Å². The summed E-state index contributed by atoms with van der Waals surface area (Å²) in [5, 5.41) is 3.27. The molecule has 1 aliphatic rings. The third kappa shape index (κ3) is 4.18. The van der Waals surface area contributed by atoms with Gasteiger partial charge in [0.15, 0.2) is 0 Å². The van der Waals surface area contributed by atoms with E-state index in [0.29, 0.717) is 6.42 Å². The summed E-state index contributed by atoms with van der Waals surface area (Å²) in [7, 11) is 0. The van der Waals surface area contributed by atoms with E-state index in [9.17, 15) is 9.18 Å². The standard InChI is InChI=1S/C15H21FN2O.ClH/c1-11(13-4-3-5-14(16)9-13)8-15(19)18-7-6-17-10-12(18)2;/h3-5,9,11-12,17H,6-8,10H2,1-2H3;1H. The van der Waals surface area contributed by atoms with Crippen molar-refractivity contribution in [2.75, 3.05) is 19.6 Å². The minimum Gasteiger partial charge on any atom is -0.337 e. The number of amides is 1. The average Bonchev–Trinajstić information content (AvgIpc) is 2.39. The number of nitrogens with zero attached hydrogens (tertiary/aromatic N) is 1. The normalized spacial score (nSPS) is 20.1. The minimum atomic E-state index is -0.243. The topological polar surface area (TPSA) is 32.3 Å². The zero-order valence-electron chi connectivity index (χ0n) is 11.9. The van der Waals surface area contributed by atoms with E-state index in [1.54, 1.807) is 6.07 Å². The van der Waals surface area contributed by atoms with E-state index in [1.165, 1.54) is 12.1 Å². The van der Waals surface area contributed by atoms with Crippen molar-refractivity contribution < 1.29 is 9.18 Å². The summed E-state index contributed by atoms with van der Waals surface area (Å²) >= 11 is 0. The summed E-state index contributed by atoms with van der Waals surface area (Å²) in [5.41, 5.74) is 0.885. The highest BCUT2D eigenvalue weighted by Gasteiger charge is 2.24. The van der Waals surface area contributed by atoms with E-state index in [1.807, 2.05) is 17.9 Å². The molecular formula is C15H22ClFN2O. The van der Waals surface area contributed by atoms with Crippen molar-refractivity contribution in [1.29, 1.82) is 0 Å². The Bertz CT molecular complexity index is 455. The monoisotopic (exact) mass is 300 g/mol. The first-order chi connectivity index (χ1) is 9.08. The molecule has 3 nitrogen and oxygen atoms in total. The molecule has 0 aromatic heterocycles. The Morgan fingerprint density at radius 3 is 2.95 bits per heavy atom. The van der Waals surface area contributed by atoms with Crippen LogP contribution < -0.4 is 5.32 Å². The highest BCUT2D eigenvalue weighted by molar-refractivity contribution is 5.85. The Hall–Kier alpha value is -1.13. The van der Waals surface area contributed by atoms with Gasteiger partial charge >= 0.3 is 0 Å². The van der Waals surface area contributed by atoms with Crippen LogP contribution in [0.4, 0.5) is 4.39 Å². The van der Waals surface area contributed by atoms with Crippen molar-refractivity contribution in [2.24, 2.45) is 0 Å². The Morgan fingerprint density at radius 1 is 1.55 bits per heavy atom. The molecule has 1 aliphatic heterocycles. The first-order valence-corrected chi connectivity index (χ1v) is 6.83. The van der Waals surface area contributed by atoms with Gasteiger partial charge in [0.05, 0.1) is 0 Å². The van der Waals surface area contributed by atoms with Crippen LogP contribution in [0.3, 0.4) is 0 Å². The predicted octanol–water partition coefficient (Wildman–Crippen LogP) is 2.56. The highest BCUT2D eigenvalue weighted by Crippen LogP contribution is 2.21. The molecule has 112 valence electrons. The Balaban J connectivity index is 0.00000200. The fraction of sp³-hybridized carbons (Fsp3) is 0.533. The van der Waals surface area contributed by atoms with Crippen LogP contribution in [0.1, 0.15) is 31.7 Å². The van der Waals surface area contributed by atoms with E-state index in [0.717, 1.165) is 25.2 Å². The van der Waals surface area contributed by atoms with Crippen molar-refractivity contribution in [3.63, 3.8) is 0 Å². The number of halogens is 2. The van der Waals surface area contributed by atoms with Gasteiger partial charge in [-0.25, -0.2) is 4.39 Å². The third-order valence-electron chi connectivity index (χ3n) is 3.72. The average molecular weight is 301 g/mol. The van der Waals surface area contributed by atoms with E-state index in [2.05, 4.69) is 12.2 Å². The van der Waals surface area contributed by atoms with Gasteiger partial charge < -0.3 is 10.2 Å². The lowest BCUT2D eigenvalue weighted by atomic mass is 9.96. The largest absolute Gasteiger partial charge is 0.337 e. The lowest BCUT2D eigenvalue weighted by Gasteiger charge is -2.34. The summed E-state index contributed by atoms with van der Waals surface area (Å²) < 4.78 is 13.2. The van der Waals surface area contributed by atoms with Crippen LogP contribution in [-0.2, 0) is 4.79 Å². The van der Waals surface area contributed by atoms with Crippen LogP contribution >= 0.6 is 12.4 Å². The van der Waals surface area contributed by atoms with E-state index in [4.69, 9.17) is 0 Å². The molecular weight excluding hydrogens is 279 g/mol. The SMILES string of the molecule is CC(CC(=O)N1CCNCC1C)c1cccc(F)c1.Cl. The first kappa shape index (κ1) is 16.9. The number of carbonyl (C=O) groups is 1. The van der Waals surface area contributed by atoms with Crippen LogP contribution in [0, 0.1) is 5.82 Å². The van der Waals surface area contributed by atoms with Gasteiger partial charge in [0.25, 0.3) is 0 Å². The molecule has 1 fully saturated rings. The predicted molar refractivity (Wildman–Crippen MR) is 80.7 cm³/mol. The molecule has 1 aromatic carbocycles. The van der Waals surface area contributed by atoms with Crippen molar-refractivity contribution >= 4 is 18.3 Å². The fourth-order valence-electron chi connectivity index (χ4n) is 2.52. The second kappa shape index (κ2) is 7.60. The lowest BCUT2D eigenvalue weighted by Crippen LogP contribution is -2.52. The molecule has 2 unspecified atom stereocenters. The molecule has 5 heteroatoms. The number of carbonyl (C=O) groups excluding carboxylic acids is 1. The number of benzene rings is 1. The molecule has 0 radical (unpaired) electrons. The Labute approximate surface area is 125 Å². The van der Waals surface area contributed by atoms with Crippen LogP contribution in [-0.4, -0.2) is 36.5 Å². The number of hydrogen-bond acceptors (Lipinski definition) is 2. The zero-order chi connectivity index (χ0) is 13.8. The van der Waals surface area contributed by atoms with Crippen LogP contribution in [0.25, 0.3) is 0 Å². The van der Waals surface area contributed by atoms with Gasteiger partial charge in [-0.05, 0) is 30.5 Å². The maximum absolute atomic E-state index is 13.2. The van der Waals surface area contributed by atoms with Gasteiger partial charge in [0.2, 0.25) is 5.91 Å². The molecule has 1 amide bonds. The molecule has 0 aliphatic carbocycles.